The van der Waals surface area contributed by atoms with Crippen molar-refractivity contribution in [2.75, 3.05) is 10.6 Å². The lowest BCUT2D eigenvalue weighted by Gasteiger charge is -2.12. The van der Waals surface area contributed by atoms with E-state index in [9.17, 15) is 18.5 Å². The van der Waals surface area contributed by atoms with E-state index in [4.69, 9.17) is 0 Å². The average Bonchev–Trinajstić information content (AvgIpc) is 3.18. The van der Waals surface area contributed by atoms with Crippen LogP contribution in [0.3, 0.4) is 0 Å². The quantitative estimate of drug-likeness (QED) is 0.317. The molecule has 4 aromatic rings. The number of fused-ring (bicyclic) bond motifs is 1. The van der Waals surface area contributed by atoms with Crippen LogP contribution in [0, 0.1) is 10.1 Å². The van der Waals surface area contributed by atoms with E-state index in [2.05, 4.69) is 25.9 Å². The Morgan fingerprint density at radius 2 is 1.81 bits per heavy atom. The Morgan fingerprint density at radius 1 is 1.06 bits per heavy atom. The van der Waals surface area contributed by atoms with E-state index >= 15 is 0 Å². The van der Waals surface area contributed by atoms with Crippen LogP contribution in [0.5, 0.6) is 0 Å². The number of nitro groups is 1. The highest BCUT2D eigenvalue weighted by Crippen LogP contribution is 2.29. The van der Waals surface area contributed by atoms with Crippen molar-refractivity contribution >= 4 is 44.1 Å². The first-order valence-electron chi connectivity index (χ1n) is 9.61. The Kier molecular flexibility index (Phi) is 5.45. The lowest BCUT2D eigenvalue weighted by atomic mass is 10.2. The van der Waals surface area contributed by atoms with Crippen LogP contribution in [0.1, 0.15) is 13.8 Å². The summed E-state index contributed by atoms with van der Waals surface area (Å²) in [4.78, 5) is 15.3. The molecule has 0 radical (unpaired) electrons. The highest BCUT2D eigenvalue weighted by molar-refractivity contribution is 7.90. The topological polar surface area (TPSA) is 145 Å². The average molecular weight is 453 g/mol. The number of anilines is 3. The zero-order valence-corrected chi connectivity index (χ0v) is 17.9. The second kappa shape index (κ2) is 8.23. The summed E-state index contributed by atoms with van der Waals surface area (Å²) >= 11 is 0. The Balaban J connectivity index is 1.70. The number of hydrogen-bond acceptors (Lipinski definition) is 9. The van der Waals surface area contributed by atoms with Crippen molar-refractivity contribution < 1.29 is 13.3 Å². The number of pyridine rings is 1. The van der Waals surface area contributed by atoms with Gasteiger partial charge in [0, 0.05) is 17.8 Å². The van der Waals surface area contributed by atoms with Crippen LogP contribution in [0.15, 0.2) is 65.6 Å². The molecule has 2 aromatic heterocycles. The highest BCUT2D eigenvalue weighted by atomic mass is 32.2. The molecule has 0 aliphatic heterocycles. The summed E-state index contributed by atoms with van der Waals surface area (Å²) in [5.74, 6) is 0.526. The zero-order chi connectivity index (χ0) is 22.9. The third-order valence-corrected chi connectivity index (χ3v) is 6.05. The summed E-state index contributed by atoms with van der Waals surface area (Å²) in [5.41, 5.74) is 0.819. The van der Waals surface area contributed by atoms with E-state index in [1.54, 1.807) is 30.3 Å². The van der Waals surface area contributed by atoms with Crippen LogP contribution in [-0.4, -0.2) is 38.8 Å². The fourth-order valence-corrected chi connectivity index (χ4v) is 4.30. The number of nitrogens with one attached hydrogen (secondary N) is 2. The number of benzene rings is 2. The van der Waals surface area contributed by atoms with Crippen molar-refractivity contribution in [2.24, 2.45) is 0 Å². The normalized spacial score (nSPS) is 11.6. The monoisotopic (exact) mass is 453 g/mol. The van der Waals surface area contributed by atoms with Crippen molar-refractivity contribution in [3.8, 4) is 0 Å². The minimum absolute atomic E-state index is 0.0456. The number of hydrogen-bond donors (Lipinski definition) is 2. The van der Waals surface area contributed by atoms with Crippen molar-refractivity contribution in [3.05, 3.63) is 70.8 Å². The first-order chi connectivity index (χ1) is 15.3. The predicted octanol–water partition coefficient (Wildman–Crippen LogP) is 3.54. The summed E-state index contributed by atoms with van der Waals surface area (Å²) in [6.07, 6.45) is 0. The molecule has 11 nitrogen and oxygen atoms in total. The molecule has 164 valence electrons. The van der Waals surface area contributed by atoms with Gasteiger partial charge >= 0.3 is 5.69 Å². The van der Waals surface area contributed by atoms with Crippen molar-refractivity contribution in [2.45, 2.75) is 24.8 Å². The van der Waals surface area contributed by atoms with Crippen LogP contribution in [0.25, 0.3) is 11.0 Å². The molecule has 0 aliphatic carbocycles. The Hall–Kier alpha value is -4.06. The van der Waals surface area contributed by atoms with Gasteiger partial charge < -0.3 is 10.6 Å². The molecule has 12 heteroatoms. The van der Waals surface area contributed by atoms with Crippen molar-refractivity contribution in [1.29, 1.82) is 0 Å². The van der Waals surface area contributed by atoms with Gasteiger partial charge in [0.25, 0.3) is 10.0 Å². The van der Waals surface area contributed by atoms with E-state index in [1.165, 1.54) is 30.3 Å². The second-order valence-corrected chi connectivity index (χ2v) is 8.97. The molecule has 32 heavy (non-hydrogen) atoms. The van der Waals surface area contributed by atoms with Crippen molar-refractivity contribution in [3.63, 3.8) is 0 Å². The summed E-state index contributed by atoms with van der Waals surface area (Å²) in [7, 11) is -3.92. The van der Waals surface area contributed by atoms with Gasteiger partial charge in [-0.3, -0.25) is 10.1 Å². The van der Waals surface area contributed by atoms with Crippen LogP contribution in [0.2, 0.25) is 0 Å². The van der Waals surface area contributed by atoms with Gasteiger partial charge in [-0.15, -0.1) is 9.19 Å². The molecule has 2 aromatic carbocycles. The largest absolute Gasteiger partial charge is 0.368 e. The Labute approximate surface area is 183 Å². The molecule has 4 rings (SSSR count). The van der Waals surface area contributed by atoms with Crippen LogP contribution in [-0.2, 0) is 10.0 Å². The van der Waals surface area contributed by atoms with Crippen LogP contribution in [0.4, 0.5) is 23.0 Å². The molecule has 0 saturated carbocycles. The smallest absolute Gasteiger partial charge is 0.311 e. The fourth-order valence-electron chi connectivity index (χ4n) is 3.05. The van der Waals surface area contributed by atoms with Gasteiger partial charge in [-0.05, 0) is 50.2 Å². The highest BCUT2D eigenvalue weighted by Gasteiger charge is 2.22. The molecule has 0 amide bonds. The summed E-state index contributed by atoms with van der Waals surface area (Å²) in [6, 6.07) is 15.6. The molecule has 0 spiro atoms. The lowest BCUT2D eigenvalue weighted by molar-refractivity contribution is -0.384. The van der Waals surface area contributed by atoms with Gasteiger partial charge in [0.15, 0.2) is 0 Å². The minimum Gasteiger partial charge on any atom is -0.368 e. The van der Waals surface area contributed by atoms with Crippen molar-refractivity contribution in [1.82, 2.24) is 19.4 Å². The Morgan fingerprint density at radius 3 is 2.50 bits per heavy atom. The van der Waals surface area contributed by atoms with Crippen LogP contribution < -0.4 is 10.6 Å². The van der Waals surface area contributed by atoms with Crippen LogP contribution >= 0.6 is 0 Å². The first-order valence-corrected chi connectivity index (χ1v) is 11.0. The van der Waals surface area contributed by atoms with Gasteiger partial charge in [0.1, 0.15) is 16.9 Å². The third-order valence-electron chi connectivity index (χ3n) is 4.45. The molecule has 0 saturated heterocycles. The van der Waals surface area contributed by atoms with E-state index in [0.717, 1.165) is 4.09 Å². The SMILES string of the molecule is CC(C)Nc1ccc([N+](=O)[O-])c(Nc2ccc3c(c2)nnn3S(=O)(=O)c2ccccc2)n1. The minimum atomic E-state index is -3.92. The molecule has 0 unspecified atom stereocenters. The predicted molar refractivity (Wildman–Crippen MR) is 119 cm³/mol. The molecule has 0 fully saturated rings. The molecule has 0 bridgehead atoms. The molecule has 2 heterocycles. The lowest BCUT2D eigenvalue weighted by Crippen LogP contribution is -2.14. The molecular weight excluding hydrogens is 434 g/mol. The van der Waals surface area contributed by atoms with Gasteiger partial charge in [-0.1, -0.05) is 23.4 Å². The number of rotatable bonds is 7. The summed E-state index contributed by atoms with van der Waals surface area (Å²) < 4.78 is 26.6. The van der Waals surface area contributed by atoms with Gasteiger partial charge in [0.05, 0.1) is 9.82 Å². The van der Waals surface area contributed by atoms with Gasteiger partial charge in [0.2, 0.25) is 5.82 Å². The third kappa shape index (κ3) is 4.07. The van der Waals surface area contributed by atoms with Gasteiger partial charge in [-0.2, -0.15) is 8.42 Å². The molecule has 2 N–H and O–H groups in total. The Bertz CT molecular complexity index is 1400. The van der Waals surface area contributed by atoms with E-state index in [0.29, 0.717) is 17.0 Å². The van der Waals surface area contributed by atoms with Gasteiger partial charge in [-0.25, -0.2) is 4.98 Å². The maximum atomic E-state index is 12.9. The molecule has 0 aliphatic rings. The van der Waals surface area contributed by atoms with E-state index < -0.39 is 14.9 Å². The fraction of sp³-hybridized carbons (Fsp3) is 0.150. The van der Waals surface area contributed by atoms with E-state index in [-0.39, 0.29) is 28.0 Å². The summed E-state index contributed by atoms with van der Waals surface area (Å²) in [6.45, 7) is 3.86. The molecule has 0 atom stereocenters. The maximum absolute atomic E-state index is 12.9. The second-order valence-electron chi connectivity index (χ2n) is 7.20. The first kappa shape index (κ1) is 21.2. The standard InChI is InChI=1S/C20H19N7O4S/c1-13(2)21-19-11-10-18(27(28)29)20(23-19)22-14-8-9-17-16(12-14)24-25-26(17)32(30,31)15-6-4-3-5-7-15/h3-13H,1-2H3,(H2,21,22,23). The number of nitrogens with zero attached hydrogens (tertiary/aromatic N) is 5. The van der Waals surface area contributed by atoms with E-state index in [1.807, 2.05) is 13.8 Å². The maximum Gasteiger partial charge on any atom is 0.311 e. The summed E-state index contributed by atoms with van der Waals surface area (Å²) in [5, 5.41) is 25.2. The zero-order valence-electron chi connectivity index (χ0n) is 17.1. The number of aromatic nitrogens is 4. The molecular formula is C20H19N7O4S.